The molecule has 20 heavy (non-hydrogen) atoms. The van der Waals surface area contributed by atoms with E-state index in [1.165, 1.54) is 25.0 Å². The number of aliphatic hydroxyl groups is 1. The van der Waals surface area contributed by atoms with Gasteiger partial charge in [0, 0.05) is 6.07 Å². The Labute approximate surface area is 118 Å². The second-order valence-corrected chi connectivity index (χ2v) is 5.93. The van der Waals surface area contributed by atoms with Crippen molar-refractivity contribution in [1.29, 1.82) is 0 Å². The molecule has 1 saturated carbocycles. The summed E-state index contributed by atoms with van der Waals surface area (Å²) in [6.45, 7) is 0.271. The highest BCUT2D eigenvalue weighted by Crippen LogP contribution is 2.43. The van der Waals surface area contributed by atoms with Gasteiger partial charge in [0.2, 0.25) is 0 Å². The second-order valence-electron chi connectivity index (χ2n) is 5.93. The highest BCUT2D eigenvalue weighted by Gasteiger charge is 2.42. The zero-order chi connectivity index (χ0) is 14.0. The largest absolute Gasteiger partial charge is 0.491 e. The van der Waals surface area contributed by atoms with Gasteiger partial charge in [0.15, 0.2) is 0 Å². The van der Waals surface area contributed by atoms with Crippen molar-refractivity contribution in [1.82, 2.24) is 0 Å². The maximum Gasteiger partial charge on any atom is 0.127 e. The van der Waals surface area contributed by atoms with Crippen molar-refractivity contribution in [3.8, 4) is 5.75 Å². The van der Waals surface area contributed by atoms with Crippen LogP contribution >= 0.6 is 0 Å². The van der Waals surface area contributed by atoms with Crippen molar-refractivity contribution >= 4 is 0 Å². The molecule has 1 aliphatic carbocycles. The minimum Gasteiger partial charge on any atom is -0.491 e. The highest BCUT2D eigenvalue weighted by atomic mass is 19.1. The lowest BCUT2D eigenvalue weighted by molar-refractivity contribution is -0.0509. The van der Waals surface area contributed by atoms with E-state index in [0.29, 0.717) is 17.9 Å². The molecule has 3 rings (SSSR count). The van der Waals surface area contributed by atoms with Crippen LogP contribution in [0.5, 0.6) is 5.75 Å². The van der Waals surface area contributed by atoms with Crippen molar-refractivity contribution in [3.63, 3.8) is 0 Å². The molecular weight excluding hydrogens is 259 g/mol. The minimum atomic E-state index is -0.383. The lowest BCUT2D eigenvalue weighted by Gasteiger charge is -2.23. The SMILES string of the molecule is OCc1cc(F)cc(OCC2CCC3(CCCC3)O2)c1. The second kappa shape index (κ2) is 5.70. The fraction of sp³-hybridized carbons (Fsp3) is 0.625. The molecule has 2 fully saturated rings. The number of benzene rings is 1. The third-order valence-corrected chi connectivity index (χ3v) is 4.40. The van der Waals surface area contributed by atoms with Crippen LogP contribution in [0.25, 0.3) is 0 Å². The van der Waals surface area contributed by atoms with Gasteiger partial charge in [-0.15, -0.1) is 0 Å². The molecule has 1 spiro atoms. The molecule has 0 aromatic heterocycles. The maximum atomic E-state index is 13.3. The van der Waals surface area contributed by atoms with E-state index in [1.54, 1.807) is 6.07 Å². The standard InChI is InChI=1S/C16H21FO3/c17-13-7-12(10-18)8-15(9-13)19-11-14-3-6-16(20-14)4-1-2-5-16/h7-9,14,18H,1-6,10-11H2. The van der Waals surface area contributed by atoms with Gasteiger partial charge in [-0.2, -0.15) is 0 Å². The predicted octanol–water partition coefficient (Wildman–Crippen LogP) is 3.19. The van der Waals surface area contributed by atoms with Gasteiger partial charge in [0.25, 0.3) is 0 Å². The van der Waals surface area contributed by atoms with Crippen LogP contribution in [0, 0.1) is 5.82 Å². The smallest absolute Gasteiger partial charge is 0.127 e. The highest BCUT2D eigenvalue weighted by molar-refractivity contribution is 5.29. The molecule has 3 nitrogen and oxygen atoms in total. The summed E-state index contributed by atoms with van der Waals surface area (Å²) in [5.41, 5.74) is 0.631. The summed E-state index contributed by atoms with van der Waals surface area (Å²) in [7, 11) is 0. The lowest BCUT2D eigenvalue weighted by Crippen LogP contribution is -2.27. The van der Waals surface area contributed by atoms with Crippen molar-refractivity contribution in [2.45, 2.75) is 56.8 Å². The Morgan fingerprint density at radius 3 is 2.80 bits per heavy atom. The quantitative estimate of drug-likeness (QED) is 0.920. The average Bonchev–Trinajstić information content (AvgIpc) is 3.07. The van der Waals surface area contributed by atoms with Crippen LogP contribution in [0.4, 0.5) is 4.39 Å². The van der Waals surface area contributed by atoms with Gasteiger partial charge >= 0.3 is 0 Å². The van der Waals surface area contributed by atoms with E-state index >= 15 is 0 Å². The molecule has 0 bridgehead atoms. The van der Waals surface area contributed by atoms with E-state index in [0.717, 1.165) is 25.7 Å². The molecule has 1 aliphatic heterocycles. The Bertz CT molecular complexity index is 469. The van der Waals surface area contributed by atoms with E-state index in [-0.39, 0.29) is 24.1 Å². The van der Waals surface area contributed by atoms with Crippen molar-refractivity contribution in [3.05, 3.63) is 29.6 Å². The van der Waals surface area contributed by atoms with Crippen LogP contribution in [0.15, 0.2) is 18.2 Å². The Hall–Kier alpha value is -1.13. The summed E-state index contributed by atoms with van der Waals surface area (Å²) < 4.78 is 25.1. The summed E-state index contributed by atoms with van der Waals surface area (Å²) in [5, 5.41) is 9.06. The van der Waals surface area contributed by atoms with Crippen LogP contribution in [0.2, 0.25) is 0 Å². The zero-order valence-corrected chi connectivity index (χ0v) is 11.6. The summed E-state index contributed by atoms with van der Waals surface area (Å²) in [6.07, 6.45) is 7.09. The Morgan fingerprint density at radius 2 is 2.05 bits per heavy atom. The molecule has 1 atom stereocenters. The average molecular weight is 280 g/mol. The number of hydrogen-bond acceptors (Lipinski definition) is 3. The Kier molecular flexibility index (Phi) is 3.94. The van der Waals surface area contributed by atoms with Gasteiger partial charge in [-0.1, -0.05) is 12.8 Å². The summed E-state index contributed by atoms with van der Waals surface area (Å²) in [4.78, 5) is 0. The van der Waals surface area contributed by atoms with Gasteiger partial charge in [-0.3, -0.25) is 0 Å². The third-order valence-electron chi connectivity index (χ3n) is 4.40. The number of hydrogen-bond donors (Lipinski definition) is 1. The normalized spacial score (nSPS) is 24.4. The predicted molar refractivity (Wildman–Crippen MR) is 73.1 cm³/mol. The fourth-order valence-corrected chi connectivity index (χ4v) is 3.38. The number of rotatable bonds is 4. The molecule has 1 aromatic carbocycles. The van der Waals surface area contributed by atoms with Crippen molar-refractivity contribution in [2.75, 3.05) is 6.61 Å². The van der Waals surface area contributed by atoms with Gasteiger partial charge in [0.1, 0.15) is 18.2 Å². The maximum absolute atomic E-state index is 13.3. The Morgan fingerprint density at radius 1 is 1.25 bits per heavy atom. The number of halogens is 1. The summed E-state index contributed by atoms with van der Waals surface area (Å²) in [5.74, 6) is 0.0798. The van der Waals surface area contributed by atoms with Crippen molar-refractivity contribution in [2.24, 2.45) is 0 Å². The fourth-order valence-electron chi connectivity index (χ4n) is 3.38. The molecule has 1 heterocycles. The number of ether oxygens (including phenoxy) is 2. The van der Waals surface area contributed by atoms with Crippen molar-refractivity contribution < 1.29 is 19.0 Å². The van der Waals surface area contributed by atoms with Gasteiger partial charge < -0.3 is 14.6 Å². The van der Waals surface area contributed by atoms with E-state index in [1.807, 2.05) is 0 Å². The van der Waals surface area contributed by atoms with Crippen LogP contribution in [0.3, 0.4) is 0 Å². The molecule has 2 aliphatic rings. The first-order valence-electron chi connectivity index (χ1n) is 7.40. The van der Waals surface area contributed by atoms with E-state index in [2.05, 4.69) is 0 Å². The molecule has 110 valence electrons. The summed E-state index contributed by atoms with van der Waals surface area (Å²) >= 11 is 0. The van der Waals surface area contributed by atoms with Crippen LogP contribution in [-0.4, -0.2) is 23.4 Å². The molecule has 1 unspecified atom stereocenters. The van der Waals surface area contributed by atoms with E-state index in [4.69, 9.17) is 14.6 Å². The molecule has 0 amide bonds. The van der Waals surface area contributed by atoms with E-state index in [9.17, 15) is 4.39 Å². The molecule has 0 radical (unpaired) electrons. The number of aliphatic hydroxyl groups excluding tert-OH is 1. The zero-order valence-electron chi connectivity index (χ0n) is 11.6. The third kappa shape index (κ3) is 2.96. The topological polar surface area (TPSA) is 38.7 Å². The Balaban J connectivity index is 1.56. The van der Waals surface area contributed by atoms with Gasteiger partial charge in [-0.25, -0.2) is 4.39 Å². The molecule has 1 N–H and O–H groups in total. The molecule has 1 saturated heterocycles. The van der Waals surface area contributed by atoms with Crippen LogP contribution in [0.1, 0.15) is 44.1 Å². The lowest BCUT2D eigenvalue weighted by atomic mass is 9.98. The minimum absolute atomic E-state index is 0.103. The van der Waals surface area contributed by atoms with Gasteiger partial charge in [0.05, 0.1) is 18.3 Å². The van der Waals surface area contributed by atoms with E-state index < -0.39 is 0 Å². The summed E-state index contributed by atoms with van der Waals surface area (Å²) in [6, 6.07) is 4.33. The van der Waals surface area contributed by atoms with Crippen LogP contribution < -0.4 is 4.74 Å². The monoisotopic (exact) mass is 280 g/mol. The first kappa shape index (κ1) is 13.8. The molecule has 4 heteroatoms. The first-order chi connectivity index (χ1) is 9.69. The van der Waals surface area contributed by atoms with Crippen LogP contribution in [-0.2, 0) is 11.3 Å². The molecular formula is C16H21FO3. The van der Waals surface area contributed by atoms with Gasteiger partial charge in [-0.05, 0) is 43.4 Å². The first-order valence-corrected chi connectivity index (χ1v) is 7.40. The molecule has 1 aromatic rings.